The molecular weight excluding hydrogens is 359 g/mol. The second-order valence-corrected chi connectivity index (χ2v) is 6.05. The molecule has 0 spiro atoms. The van der Waals surface area contributed by atoms with Crippen LogP contribution in [0.4, 0.5) is 4.39 Å². The van der Waals surface area contributed by atoms with E-state index in [4.69, 9.17) is 0 Å². The third-order valence-electron chi connectivity index (χ3n) is 4.25. The summed E-state index contributed by atoms with van der Waals surface area (Å²) >= 11 is 0. The minimum atomic E-state index is -0.581. The predicted octanol–water partition coefficient (Wildman–Crippen LogP) is 1.36. The first kappa shape index (κ1) is 20.0. The largest absolute Gasteiger partial charge is 0.350 e. The van der Waals surface area contributed by atoms with E-state index < -0.39 is 6.04 Å². The summed E-state index contributed by atoms with van der Waals surface area (Å²) in [7, 11) is 0. The summed E-state index contributed by atoms with van der Waals surface area (Å²) in [5.74, 6) is 0.101. The van der Waals surface area contributed by atoms with Crippen molar-refractivity contribution >= 4 is 18.3 Å². The molecule has 2 heterocycles. The van der Waals surface area contributed by atoms with Crippen LogP contribution in [0.5, 0.6) is 0 Å². The van der Waals surface area contributed by atoms with Gasteiger partial charge in [0.05, 0.1) is 0 Å². The molecule has 1 aromatic carbocycles. The van der Waals surface area contributed by atoms with Crippen LogP contribution in [0, 0.1) is 12.7 Å². The molecule has 0 saturated carbocycles. The van der Waals surface area contributed by atoms with Crippen molar-refractivity contribution in [1.82, 2.24) is 30.8 Å². The zero-order valence-corrected chi connectivity index (χ0v) is 15.3. The van der Waals surface area contributed by atoms with E-state index in [1.165, 1.54) is 22.4 Å². The van der Waals surface area contributed by atoms with E-state index in [1.807, 2.05) is 0 Å². The summed E-state index contributed by atoms with van der Waals surface area (Å²) < 4.78 is 14.6. The number of tetrazole rings is 1. The van der Waals surface area contributed by atoms with Gasteiger partial charge in [-0.3, -0.25) is 4.79 Å². The number of aryl methyl sites for hydroxylation is 1. The van der Waals surface area contributed by atoms with E-state index in [0.717, 1.165) is 25.1 Å². The third kappa shape index (κ3) is 5.09. The highest BCUT2D eigenvalue weighted by Gasteiger charge is 2.24. The van der Waals surface area contributed by atoms with Crippen LogP contribution in [0.3, 0.4) is 0 Å². The normalized spacial score (nSPS) is 14.9. The van der Waals surface area contributed by atoms with Crippen LogP contribution in [-0.2, 0) is 11.2 Å². The Morgan fingerprint density at radius 3 is 2.77 bits per heavy atom. The molecule has 2 aromatic rings. The summed E-state index contributed by atoms with van der Waals surface area (Å²) in [5, 5.41) is 17.7. The molecule has 7 nitrogen and oxygen atoms in total. The molecule has 1 amide bonds. The van der Waals surface area contributed by atoms with Gasteiger partial charge in [0.1, 0.15) is 17.7 Å². The van der Waals surface area contributed by atoms with Crippen LogP contribution in [0.25, 0.3) is 0 Å². The fraction of sp³-hybridized carbons (Fsp3) is 0.412. The van der Waals surface area contributed by atoms with Gasteiger partial charge in [-0.05, 0) is 48.0 Å². The van der Waals surface area contributed by atoms with E-state index in [0.29, 0.717) is 18.8 Å². The molecule has 1 aliphatic rings. The van der Waals surface area contributed by atoms with Crippen LogP contribution in [0.15, 0.2) is 35.9 Å². The Labute approximate surface area is 157 Å². The number of carbonyl (C=O) groups is 1. The Balaban J connectivity index is 0.00000243. The zero-order valence-electron chi connectivity index (χ0n) is 14.5. The van der Waals surface area contributed by atoms with E-state index in [2.05, 4.69) is 32.2 Å². The van der Waals surface area contributed by atoms with Gasteiger partial charge in [-0.25, -0.2) is 9.07 Å². The van der Waals surface area contributed by atoms with Crippen molar-refractivity contribution < 1.29 is 9.18 Å². The van der Waals surface area contributed by atoms with E-state index in [9.17, 15) is 9.18 Å². The first-order valence-corrected chi connectivity index (χ1v) is 8.29. The molecule has 0 bridgehead atoms. The van der Waals surface area contributed by atoms with Crippen molar-refractivity contribution in [2.45, 2.75) is 25.8 Å². The van der Waals surface area contributed by atoms with Crippen molar-refractivity contribution in [3.63, 3.8) is 0 Å². The Kier molecular flexibility index (Phi) is 7.23. The smallest absolute Gasteiger partial charge is 0.245 e. The summed E-state index contributed by atoms with van der Waals surface area (Å²) in [6.07, 6.45) is 3.41. The summed E-state index contributed by atoms with van der Waals surface area (Å²) in [6.45, 7) is 4.02. The number of aromatic nitrogens is 4. The van der Waals surface area contributed by atoms with Crippen molar-refractivity contribution in [1.29, 1.82) is 0 Å². The molecular formula is C17H22ClFN6O. The molecule has 26 heavy (non-hydrogen) atoms. The lowest BCUT2D eigenvalue weighted by molar-refractivity contribution is -0.124. The molecule has 3 rings (SSSR count). The van der Waals surface area contributed by atoms with Gasteiger partial charge in [0, 0.05) is 19.5 Å². The molecule has 9 heteroatoms. The van der Waals surface area contributed by atoms with Crippen molar-refractivity contribution in [2.24, 2.45) is 0 Å². The average Bonchev–Trinajstić information content (AvgIpc) is 3.06. The number of hydrogen-bond acceptors (Lipinski definition) is 5. The van der Waals surface area contributed by atoms with Crippen molar-refractivity contribution in [3.05, 3.63) is 53.1 Å². The first-order chi connectivity index (χ1) is 12.1. The second kappa shape index (κ2) is 9.40. The molecule has 0 fully saturated rings. The number of hydrogen-bond donors (Lipinski definition) is 2. The predicted molar refractivity (Wildman–Crippen MR) is 97.5 cm³/mol. The van der Waals surface area contributed by atoms with Crippen molar-refractivity contribution in [2.75, 3.05) is 19.6 Å². The molecule has 1 aliphatic heterocycles. The topological polar surface area (TPSA) is 84.7 Å². The number of nitrogens with zero attached hydrogens (tertiary/aromatic N) is 4. The lowest BCUT2D eigenvalue weighted by Crippen LogP contribution is -2.37. The zero-order chi connectivity index (χ0) is 17.6. The fourth-order valence-corrected chi connectivity index (χ4v) is 2.81. The van der Waals surface area contributed by atoms with E-state index in [1.54, 1.807) is 19.1 Å². The first-order valence-electron chi connectivity index (χ1n) is 8.29. The van der Waals surface area contributed by atoms with Gasteiger partial charge in [-0.2, -0.15) is 0 Å². The number of rotatable bonds is 6. The van der Waals surface area contributed by atoms with Gasteiger partial charge < -0.3 is 10.6 Å². The molecule has 0 saturated heterocycles. The summed E-state index contributed by atoms with van der Waals surface area (Å²) in [4.78, 5) is 12.8. The summed E-state index contributed by atoms with van der Waals surface area (Å²) in [5.41, 5.74) is 2.05. The number of carbonyl (C=O) groups excluding carboxylic acids is 1. The monoisotopic (exact) mass is 380 g/mol. The Morgan fingerprint density at radius 2 is 2.15 bits per heavy atom. The highest BCUT2D eigenvalue weighted by Crippen LogP contribution is 2.16. The molecule has 1 unspecified atom stereocenters. The summed E-state index contributed by atoms with van der Waals surface area (Å²) in [6, 6.07) is 5.53. The Hall–Kier alpha value is -2.32. The third-order valence-corrected chi connectivity index (χ3v) is 4.25. The Bertz CT molecular complexity index is 761. The number of amides is 1. The van der Waals surface area contributed by atoms with Gasteiger partial charge in [0.2, 0.25) is 5.91 Å². The lowest BCUT2D eigenvalue weighted by atomic mass is 10.0. The number of benzene rings is 1. The molecule has 2 N–H and O–H groups in total. The van der Waals surface area contributed by atoms with Crippen LogP contribution >= 0.6 is 12.4 Å². The number of halogens is 2. The standard InChI is InChI=1S/C17H21FN6O.ClH/c1-12-21-22-23-24(12)16(10-13-2-4-15(18)5-3-13)17(25)20-11-14-6-8-19-9-7-14;/h2-6,16,19H,7-11H2,1H3,(H,20,25);1H. The highest BCUT2D eigenvalue weighted by molar-refractivity contribution is 5.85. The molecule has 1 atom stereocenters. The van der Waals surface area contributed by atoms with Crippen LogP contribution in [0.1, 0.15) is 23.9 Å². The SMILES string of the molecule is Cc1nnnn1C(Cc1ccc(F)cc1)C(=O)NCC1=CCNCC1.Cl. The van der Waals surface area contributed by atoms with E-state index in [-0.39, 0.29) is 24.1 Å². The van der Waals surface area contributed by atoms with Gasteiger partial charge in [0.15, 0.2) is 0 Å². The van der Waals surface area contributed by atoms with Crippen molar-refractivity contribution in [3.8, 4) is 0 Å². The van der Waals surface area contributed by atoms with E-state index >= 15 is 0 Å². The quantitative estimate of drug-likeness (QED) is 0.739. The maximum absolute atomic E-state index is 13.1. The lowest BCUT2D eigenvalue weighted by Gasteiger charge is -2.19. The highest BCUT2D eigenvalue weighted by atomic mass is 35.5. The fourth-order valence-electron chi connectivity index (χ4n) is 2.81. The van der Waals surface area contributed by atoms with Gasteiger partial charge in [0.25, 0.3) is 0 Å². The minimum Gasteiger partial charge on any atom is -0.350 e. The second-order valence-electron chi connectivity index (χ2n) is 6.05. The van der Waals surface area contributed by atoms with Crippen LogP contribution in [0.2, 0.25) is 0 Å². The minimum absolute atomic E-state index is 0. The molecule has 140 valence electrons. The van der Waals surface area contributed by atoms with Crippen LogP contribution in [-0.4, -0.2) is 45.7 Å². The Morgan fingerprint density at radius 1 is 1.38 bits per heavy atom. The molecule has 0 aliphatic carbocycles. The molecule has 1 aromatic heterocycles. The number of nitrogens with one attached hydrogen (secondary N) is 2. The van der Waals surface area contributed by atoms with Crippen LogP contribution < -0.4 is 10.6 Å². The molecule has 0 radical (unpaired) electrons. The van der Waals surface area contributed by atoms with Gasteiger partial charge in [-0.1, -0.05) is 23.8 Å². The van der Waals surface area contributed by atoms with Gasteiger partial charge >= 0.3 is 0 Å². The maximum atomic E-state index is 13.1. The van der Waals surface area contributed by atoms with Gasteiger partial charge in [-0.15, -0.1) is 17.5 Å². The average molecular weight is 381 g/mol. The maximum Gasteiger partial charge on any atom is 0.245 e.